The van der Waals surface area contributed by atoms with Crippen LogP contribution in [-0.2, 0) is 6.42 Å². The Morgan fingerprint density at radius 1 is 1.14 bits per heavy atom. The van der Waals surface area contributed by atoms with Gasteiger partial charge in [0.2, 0.25) is 0 Å². The first-order valence-corrected chi connectivity index (χ1v) is 9.54. The van der Waals surface area contributed by atoms with E-state index in [1.165, 1.54) is 72.8 Å². The molecule has 0 amide bonds. The SMILES string of the molecule is CCc1cccc2sc(N3CCC(N4CCCC4)CC3)nc12. The minimum Gasteiger partial charge on any atom is -0.348 e. The fraction of sp³-hybridized carbons (Fsp3) is 0.611. The van der Waals surface area contributed by atoms with Crippen LogP contribution in [0.4, 0.5) is 5.13 Å². The van der Waals surface area contributed by atoms with Crippen LogP contribution in [0, 0.1) is 0 Å². The second-order valence-corrected chi connectivity index (χ2v) is 7.58. The van der Waals surface area contributed by atoms with Crippen molar-refractivity contribution in [2.45, 2.75) is 45.1 Å². The number of likely N-dealkylation sites (tertiary alicyclic amines) is 1. The third-order valence-corrected chi connectivity index (χ3v) is 6.35. The zero-order valence-electron chi connectivity index (χ0n) is 13.4. The highest BCUT2D eigenvalue weighted by Crippen LogP contribution is 2.33. The van der Waals surface area contributed by atoms with Crippen molar-refractivity contribution in [3.05, 3.63) is 23.8 Å². The normalized spacial score (nSPS) is 21.0. The molecule has 0 aliphatic carbocycles. The van der Waals surface area contributed by atoms with Gasteiger partial charge in [0.05, 0.1) is 10.2 Å². The van der Waals surface area contributed by atoms with E-state index >= 15 is 0 Å². The lowest BCUT2D eigenvalue weighted by Gasteiger charge is -2.36. The molecule has 2 aliphatic rings. The molecule has 0 radical (unpaired) electrons. The van der Waals surface area contributed by atoms with Crippen LogP contribution in [0.1, 0.15) is 38.2 Å². The zero-order chi connectivity index (χ0) is 14.9. The third-order valence-electron chi connectivity index (χ3n) is 5.26. The van der Waals surface area contributed by atoms with Gasteiger partial charge in [-0.2, -0.15) is 0 Å². The van der Waals surface area contributed by atoms with Gasteiger partial charge in [-0.1, -0.05) is 30.4 Å². The standard InChI is InChI=1S/C18H25N3S/c1-2-14-6-5-7-16-17(14)19-18(22-16)21-12-8-15(9-13-21)20-10-3-4-11-20/h5-7,15H,2-4,8-13H2,1H3. The lowest BCUT2D eigenvalue weighted by Crippen LogP contribution is -2.43. The maximum Gasteiger partial charge on any atom is 0.186 e. The molecule has 2 aromatic rings. The Labute approximate surface area is 136 Å². The fourth-order valence-corrected chi connectivity index (χ4v) is 5.01. The molecule has 0 spiro atoms. The summed E-state index contributed by atoms with van der Waals surface area (Å²) in [4.78, 5) is 10.2. The number of aryl methyl sites for hydroxylation is 1. The predicted molar refractivity (Wildman–Crippen MR) is 95.0 cm³/mol. The Bertz CT molecular complexity index is 637. The first-order valence-electron chi connectivity index (χ1n) is 8.72. The molecule has 4 heteroatoms. The van der Waals surface area contributed by atoms with Gasteiger partial charge < -0.3 is 9.80 Å². The Hall–Kier alpha value is -1.13. The summed E-state index contributed by atoms with van der Waals surface area (Å²) in [6.45, 7) is 7.21. The van der Waals surface area contributed by atoms with Crippen molar-refractivity contribution in [1.82, 2.24) is 9.88 Å². The largest absolute Gasteiger partial charge is 0.348 e. The summed E-state index contributed by atoms with van der Waals surface area (Å²) in [6, 6.07) is 7.42. The van der Waals surface area contributed by atoms with E-state index in [0.717, 1.165) is 12.5 Å². The molecule has 0 unspecified atom stereocenters. The number of nitrogens with zero attached hydrogens (tertiary/aromatic N) is 3. The van der Waals surface area contributed by atoms with Crippen molar-refractivity contribution in [3.63, 3.8) is 0 Å². The molecule has 0 atom stereocenters. The van der Waals surface area contributed by atoms with Crippen LogP contribution in [0.25, 0.3) is 10.2 Å². The first-order chi connectivity index (χ1) is 10.8. The quantitative estimate of drug-likeness (QED) is 0.855. The van der Waals surface area contributed by atoms with Gasteiger partial charge in [0.15, 0.2) is 5.13 Å². The number of piperidine rings is 1. The van der Waals surface area contributed by atoms with E-state index in [9.17, 15) is 0 Å². The topological polar surface area (TPSA) is 19.4 Å². The molecular formula is C18H25N3S. The number of hydrogen-bond acceptors (Lipinski definition) is 4. The lowest BCUT2D eigenvalue weighted by atomic mass is 10.0. The van der Waals surface area contributed by atoms with E-state index in [0.29, 0.717) is 0 Å². The van der Waals surface area contributed by atoms with Gasteiger partial charge in [0.1, 0.15) is 0 Å². The van der Waals surface area contributed by atoms with Gasteiger partial charge in [-0.05, 0) is 56.8 Å². The molecule has 0 bridgehead atoms. The van der Waals surface area contributed by atoms with Crippen LogP contribution in [0.5, 0.6) is 0 Å². The Balaban J connectivity index is 1.49. The number of thiazole rings is 1. The molecule has 2 saturated heterocycles. The second-order valence-electron chi connectivity index (χ2n) is 6.58. The van der Waals surface area contributed by atoms with Gasteiger partial charge in [-0.3, -0.25) is 0 Å². The average Bonchev–Trinajstić information content (AvgIpc) is 3.24. The molecule has 0 saturated carbocycles. The number of anilines is 1. The average molecular weight is 315 g/mol. The molecular weight excluding hydrogens is 290 g/mol. The minimum atomic E-state index is 0.819. The summed E-state index contributed by atoms with van der Waals surface area (Å²) >= 11 is 1.87. The van der Waals surface area contributed by atoms with E-state index < -0.39 is 0 Å². The summed E-state index contributed by atoms with van der Waals surface area (Å²) in [5, 5.41) is 1.23. The predicted octanol–water partition coefficient (Wildman–Crippen LogP) is 3.92. The van der Waals surface area contributed by atoms with Crippen molar-refractivity contribution in [1.29, 1.82) is 0 Å². The number of rotatable bonds is 3. The van der Waals surface area contributed by atoms with Crippen LogP contribution >= 0.6 is 11.3 Å². The molecule has 1 aromatic heterocycles. The molecule has 2 fully saturated rings. The van der Waals surface area contributed by atoms with E-state index in [1.807, 2.05) is 11.3 Å². The van der Waals surface area contributed by atoms with Crippen LogP contribution < -0.4 is 4.90 Å². The van der Waals surface area contributed by atoms with Crippen LogP contribution in [-0.4, -0.2) is 42.1 Å². The van der Waals surface area contributed by atoms with Crippen LogP contribution in [0.3, 0.4) is 0 Å². The summed E-state index contributed by atoms with van der Waals surface area (Å²) in [6.07, 6.45) is 6.47. The van der Waals surface area contributed by atoms with Crippen LogP contribution in [0.2, 0.25) is 0 Å². The number of benzene rings is 1. The van der Waals surface area contributed by atoms with E-state index in [1.54, 1.807) is 0 Å². The van der Waals surface area contributed by atoms with Gasteiger partial charge in [0.25, 0.3) is 0 Å². The molecule has 0 N–H and O–H groups in total. The van der Waals surface area contributed by atoms with Crippen molar-refractivity contribution in [2.75, 3.05) is 31.1 Å². The number of fused-ring (bicyclic) bond motifs is 1. The molecule has 4 rings (SSSR count). The van der Waals surface area contributed by atoms with Crippen molar-refractivity contribution in [2.24, 2.45) is 0 Å². The summed E-state index contributed by atoms with van der Waals surface area (Å²) in [5.74, 6) is 0. The third kappa shape index (κ3) is 2.63. The number of hydrogen-bond donors (Lipinski definition) is 0. The maximum absolute atomic E-state index is 4.96. The maximum atomic E-state index is 4.96. The van der Waals surface area contributed by atoms with Crippen LogP contribution in [0.15, 0.2) is 18.2 Å². The number of aromatic nitrogens is 1. The highest BCUT2D eigenvalue weighted by Gasteiger charge is 2.27. The Kier molecular flexibility index (Phi) is 4.05. The van der Waals surface area contributed by atoms with Gasteiger partial charge in [0, 0.05) is 19.1 Å². The summed E-state index contributed by atoms with van der Waals surface area (Å²) in [7, 11) is 0. The van der Waals surface area contributed by atoms with E-state index in [-0.39, 0.29) is 0 Å². The van der Waals surface area contributed by atoms with Gasteiger partial charge in [-0.25, -0.2) is 4.98 Å². The smallest absolute Gasteiger partial charge is 0.186 e. The van der Waals surface area contributed by atoms with Crippen molar-refractivity contribution < 1.29 is 0 Å². The summed E-state index contributed by atoms with van der Waals surface area (Å²) in [5.41, 5.74) is 2.61. The molecule has 118 valence electrons. The Morgan fingerprint density at radius 2 is 1.91 bits per heavy atom. The number of para-hydroxylation sites is 1. The van der Waals surface area contributed by atoms with Crippen molar-refractivity contribution >= 4 is 26.7 Å². The zero-order valence-corrected chi connectivity index (χ0v) is 14.2. The molecule has 3 nitrogen and oxygen atoms in total. The van der Waals surface area contributed by atoms with E-state index in [4.69, 9.17) is 4.98 Å². The van der Waals surface area contributed by atoms with Gasteiger partial charge in [-0.15, -0.1) is 0 Å². The molecule has 1 aromatic carbocycles. The summed E-state index contributed by atoms with van der Waals surface area (Å²) < 4.78 is 1.34. The minimum absolute atomic E-state index is 0.819. The lowest BCUT2D eigenvalue weighted by molar-refractivity contribution is 0.208. The highest BCUT2D eigenvalue weighted by atomic mass is 32.1. The van der Waals surface area contributed by atoms with Crippen molar-refractivity contribution in [3.8, 4) is 0 Å². The highest BCUT2D eigenvalue weighted by molar-refractivity contribution is 7.22. The van der Waals surface area contributed by atoms with E-state index in [2.05, 4.69) is 34.9 Å². The molecule has 22 heavy (non-hydrogen) atoms. The molecule has 2 aliphatic heterocycles. The second kappa shape index (κ2) is 6.17. The monoisotopic (exact) mass is 315 g/mol. The molecule has 3 heterocycles. The fourth-order valence-electron chi connectivity index (χ4n) is 3.94. The first kappa shape index (κ1) is 14.5. The Morgan fingerprint density at radius 3 is 2.64 bits per heavy atom. The van der Waals surface area contributed by atoms with Gasteiger partial charge >= 0.3 is 0 Å².